The van der Waals surface area contributed by atoms with Gasteiger partial charge in [-0.1, -0.05) is 6.07 Å². The third-order valence-electron chi connectivity index (χ3n) is 4.72. The van der Waals surface area contributed by atoms with Crippen molar-refractivity contribution in [1.29, 1.82) is 0 Å². The number of rotatable bonds is 5. The Morgan fingerprint density at radius 1 is 1.34 bits per heavy atom. The van der Waals surface area contributed by atoms with Gasteiger partial charge in [-0.15, -0.1) is 23.1 Å². The number of anilines is 1. The molecule has 8 heteroatoms. The van der Waals surface area contributed by atoms with Crippen LogP contribution in [0.3, 0.4) is 0 Å². The molecule has 1 aromatic carbocycles. The standard InChI is InChI=1S/C21H28N4O2S2/c1-21(2,3)25(20(26)27-4)10-9-24-11-13-29-17-8-7-15(14-16(17)24)23-19(22)18-6-5-12-28-18/h5-8,12,14H,9-11,13H2,1-4H3,(H2,22,23). The number of amides is 1. The summed E-state index contributed by atoms with van der Waals surface area (Å²) in [5, 5.41) is 1.99. The number of methoxy groups -OCH3 is 1. The van der Waals surface area contributed by atoms with E-state index in [9.17, 15) is 4.79 Å². The summed E-state index contributed by atoms with van der Waals surface area (Å²) >= 11 is 3.42. The Balaban J connectivity index is 1.80. The average molecular weight is 433 g/mol. The number of carbonyl (C=O) groups excluding carboxylic acids is 1. The molecule has 2 heterocycles. The third-order valence-corrected chi connectivity index (χ3v) is 6.66. The van der Waals surface area contributed by atoms with Crippen LogP contribution >= 0.6 is 23.1 Å². The zero-order valence-corrected chi connectivity index (χ0v) is 19.0. The molecule has 3 rings (SSSR count). The fourth-order valence-corrected chi connectivity index (χ4v) is 4.87. The van der Waals surface area contributed by atoms with Crippen LogP contribution in [0.1, 0.15) is 25.6 Å². The summed E-state index contributed by atoms with van der Waals surface area (Å²) in [6, 6.07) is 10.1. The molecular weight excluding hydrogens is 404 g/mol. The highest BCUT2D eigenvalue weighted by molar-refractivity contribution is 7.99. The van der Waals surface area contributed by atoms with Crippen molar-refractivity contribution < 1.29 is 9.53 Å². The fraction of sp³-hybridized carbons (Fsp3) is 0.429. The number of fused-ring (bicyclic) bond motifs is 1. The highest BCUT2D eigenvalue weighted by Gasteiger charge is 2.28. The summed E-state index contributed by atoms with van der Waals surface area (Å²) in [6.07, 6.45) is -0.300. The van der Waals surface area contributed by atoms with E-state index in [0.29, 0.717) is 12.4 Å². The second kappa shape index (κ2) is 9.09. The first kappa shape index (κ1) is 21.5. The van der Waals surface area contributed by atoms with Gasteiger partial charge in [-0.2, -0.15) is 0 Å². The minimum atomic E-state index is -0.304. The van der Waals surface area contributed by atoms with Crippen molar-refractivity contribution in [1.82, 2.24) is 4.90 Å². The van der Waals surface area contributed by atoms with E-state index in [1.807, 2.05) is 56.1 Å². The Bertz CT molecular complexity index is 875. The van der Waals surface area contributed by atoms with Crippen LogP contribution in [0.2, 0.25) is 0 Å². The second-order valence-corrected chi connectivity index (χ2v) is 9.84. The molecule has 0 atom stereocenters. The van der Waals surface area contributed by atoms with Crippen LogP contribution in [0, 0.1) is 0 Å². The van der Waals surface area contributed by atoms with Gasteiger partial charge in [0.1, 0.15) is 5.84 Å². The fourth-order valence-electron chi connectivity index (χ4n) is 3.21. The number of aliphatic imine (C=N–C) groups is 1. The molecule has 156 valence electrons. The number of thioether (sulfide) groups is 1. The monoisotopic (exact) mass is 432 g/mol. The first-order chi connectivity index (χ1) is 13.8. The molecule has 0 radical (unpaired) electrons. The lowest BCUT2D eigenvalue weighted by Gasteiger charge is -2.38. The van der Waals surface area contributed by atoms with Crippen molar-refractivity contribution in [2.24, 2.45) is 10.7 Å². The summed E-state index contributed by atoms with van der Waals surface area (Å²) in [7, 11) is 1.43. The Morgan fingerprint density at radius 3 is 2.79 bits per heavy atom. The summed E-state index contributed by atoms with van der Waals surface area (Å²) in [5.74, 6) is 1.54. The largest absolute Gasteiger partial charge is 0.453 e. The van der Waals surface area contributed by atoms with Crippen LogP contribution in [0.5, 0.6) is 0 Å². The van der Waals surface area contributed by atoms with E-state index in [0.717, 1.165) is 35.1 Å². The molecule has 29 heavy (non-hydrogen) atoms. The molecule has 1 amide bonds. The molecule has 2 aromatic rings. The van der Waals surface area contributed by atoms with Gasteiger partial charge in [0, 0.05) is 35.8 Å². The van der Waals surface area contributed by atoms with E-state index in [4.69, 9.17) is 10.5 Å². The van der Waals surface area contributed by atoms with Gasteiger partial charge in [0.25, 0.3) is 0 Å². The van der Waals surface area contributed by atoms with Crippen molar-refractivity contribution in [2.45, 2.75) is 31.2 Å². The first-order valence-electron chi connectivity index (χ1n) is 9.55. The summed E-state index contributed by atoms with van der Waals surface area (Å²) in [5.41, 5.74) is 7.83. The number of hydrogen-bond donors (Lipinski definition) is 1. The first-order valence-corrected chi connectivity index (χ1v) is 11.4. The van der Waals surface area contributed by atoms with Crippen molar-refractivity contribution in [2.75, 3.05) is 37.4 Å². The molecule has 0 fully saturated rings. The van der Waals surface area contributed by atoms with Crippen LogP contribution in [0.15, 0.2) is 45.6 Å². The molecule has 1 aliphatic heterocycles. The summed E-state index contributed by atoms with van der Waals surface area (Å²) < 4.78 is 4.98. The van der Waals surface area contributed by atoms with Gasteiger partial charge in [-0.05, 0) is 50.4 Å². The maximum absolute atomic E-state index is 12.2. The van der Waals surface area contributed by atoms with E-state index in [2.05, 4.69) is 22.0 Å². The van der Waals surface area contributed by atoms with E-state index in [-0.39, 0.29) is 11.6 Å². The maximum atomic E-state index is 12.2. The lowest BCUT2D eigenvalue weighted by atomic mass is 10.1. The highest BCUT2D eigenvalue weighted by atomic mass is 32.2. The van der Waals surface area contributed by atoms with Gasteiger partial charge < -0.3 is 20.3 Å². The van der Waals surface area contributed by atoms with Gasteiger partial charge in [-0.3, -0.25) is 0 Å². The lowest BCUT2D eigenvalue weighted by Crippen LogP contribution is -2.49. The number of hydrogen-bond acceptors (Lipinski definition) is 6. The lowest BCUT2D eigenvalue weighted by molar-refractivity contribution is 0.0853. The molecule has 1 aromatic heterocycles. The second-order valence-electron chi connectivity index (χ2n) is 7.75. The molecular formula is C21H28N4O2S2. The number of thiophene rings is 1. The van der Waals surface area contributed by atoms with Gasteiger partial charge in [0.05, 0.1) is 23.4 Å². The predicted octanol–water partition coefficient (Wildman–Crippen LogP) is 4.56. The van der Waals surface area contributed by atoms with Crippen LogP contribution in [-0.2, 0) is 4.74 Å². The number of nitrogens with two attached hydrogens (primary N) is 1. The number of ether oxygens (including phenoxy) is 1. The average Bonchev–Trinajstić information content (AvgIpc) is 3.22. The number of carbonyl (C=O) groups is 1. The Kier molecular flexibility index (Phi) is 6.74. The minimum absolute atomic E-state index is 0.300. The zero-order valence-electron chi connectivity index (χ0n) is 17.3. The van der Waals surface area contributed by atoms with E-state index >= 15 is 0 Å². The highest BCUT2D eigenvalue weighted by Crippen LogP contribution is 2.37. The van der Waals surface area contributed by atoms with E-state index < -0.39 is 0 Å². The Hall–Kier alpha value is -2.19. The van der Waals surface area contributed by atoms with Crippen LogP contribution in [0.25, 0.3) is 0 Å². The third kappa shape index (κ3) is 5.25. The molecule has 1 aliphatic rings. The summed E-state index contributed by atoms with van der Waals surface area (Å²) in [6.45, 7) is 8.29. The molecule has 6 nitrogen and oxygen atoms in total. The number of nitrogens with zero attached hydrogens (tertiary/aromatic N) is 3. The normalized spacial score (nSPS) is 14.5. The molecule has 0 saturated heterocycles. The Morgan fingerprint density at radius 2 is 2.14 bits per heavy atom. The zero-order chi connectivity index (χ0) is 21.0. The van der Waals surface area contributed by atoms with Crippen LogP contribution in [-0.4, -0.2) is 54.9 Å². The number of amidine groups is 1. The van der Waals surface area contributed by atoms with Gasteiger partial charge in [0.15, 0.2) is 0 Å². The van der Waals surface area contributed by atoms with Gasteiger partial charge in [0.2, 0.25) is 0 Å². The molecule has 2 N–H and O–H groups in total. The molecule has 0 spiro atoms. The van der Waals surface area contributed by atoms with Crippen molar-refractivity contribution >= 4 is 46.4 Å². The minimum Gasteiger partial charge on any atom is -0.453 e. The predicted molar refractivity (Wildman–Crippen MR) is 123 cm³/mol. The topological polar surface area (TPSA) is 71.2 Å². The van der Waals surface area contributed by atoms with Crippen molar-refractivity contribution in [3.8, 4) is 0 Å². The van der Waals surface area contributed by atoms with Gasteiger partial charge in [-0.25, -0.2) is 9.79 Å². The summed E-state index contributed by atoms with van der Waals surface area (Å²) in [4.78, 5) is 23.1. The van der Waals surface area contributed by atoms with Crippen molar-refractivity contribution in [3.05, 3.63) is 40.6 Å². The molecule has 0 bridgehead atoms. The van der Waals surface area contributed by atoms with Crippen molar-refractivity contribution in [3.63, 3.8) is 0 Å². The van der Waals surface area contributed by atoms with Crippen LogP contribution < -0.4 is 10.6 Å². The molecule has 0 unspecified atom stereocenters. The molecule has 0 aliphatic carbocycles. The Labute approximate surface area is 180 Å². The van der Waals surface area contributed by atoms with Crippen LogP contribution in [0.4, 0.5) is 16.2 Å². The van der Waals surface area contributed by atoms with E-state index in [1.165, 1.54) is 12.0 Å². The van der Waals surface area contributed by atoms with E-state index in [1.54, 1.807) is 16.2 Å². The maximum Gasteiger partial charge on any atom is 0.409 e. The number of benzene rings is 1. The SMILES string of the molecule is COC(=O)N(CCN1CCSc2ccc(N=C(N)c3cccs3)cc21)C(C)(C)C. The van der Waals surface area contributed by atoms with Gasteiger partial charge >= 0.3 is 6.09 Å². The molecule has 0 saturated carbocycles. The quantitative estimate of drug-likeness (QED) is 0.554. The smallest absolute Gasteiger partial charge is 0.409 e.